The lowest BCUT2D eigenvalue weighted by molar-refractivity contribution is -0.305. The molecule has 0 aromatic rings. The van der Waals surface area contributed by atoms with E-state index in [2.05, 4.69) is 26.0 Å². The molecule has 1 fully saturated rings. The van der Waals surface area contributed by atoms with Gasteiger partial charge in [0.2, 0.25) is 0 Å². The van der Waals surface area contributed by atoms with Crippen LogP contribution in [0.3, 0.4) is 0 Å². The van der Waals surface area contributed by atoms with Gasteiger partial charge in [-0.1, -0.05) is 116 Å². The zero-order valence-electron chi connectivity index (χ0n) is 29.5. The van der Waals surface area contributed by atoms with Crippen molar-refractivity contribution >= 4 is 11.9 Å². The SMILES string of the molecule is CCCCCCC/C=C/CCCCCCCC(=O)OC[C@@H](CO[C@H]1O[C@@H](CO)[C@@H](O)C(O)C1O)OC(=O)CCCCCCCCCC. The number of aliphatic hydroxyl groups is 4. The van der Waals surface area contributed by atoms with Gasteiger partial charge in [0.05, 0.1) is 13.2 Å². The van der Waals surface area contributed by atoms with Crippen LogP contribution in [0.25, 0.3) is 0 Å². The fraction of sp³-hybridized carbons (Fsp3) is 0.892. The Labute approximate surface area is 284 Å². The molecule has 1 aliphatic rings. The second kappa shape index (κ2) is 29.4. The number of hydrogen-bond donors (Lipinski definition) is 4. The number of carbonyl (C=O) groups excluding carboxylic acids is 2. The molecule has 0 bridgehead atoms. The third kappa shape index (κ3) is 21.9. The minimum absolute atomic E-state index is 0.218. The highest BCUT2D eigenvalue weighted by atomic mass is 16.7. The van der Waals surface area contributed by atoms with Gasteiger partial charge < -0.3 is 39.4 Å². The lowest BCUT2D eigenvalue weighted by Gasteiger charge is -2.39. The smallest absolute Gasteiger partial charge is 0.306 e. The lowest BCUT2D eigenvalue weighted by Crippen LogP contribution is -2.59. The Hall–Kier alpha value is -1.56. The third-order valence-corrected chi connectivity index (χ3v) is 8.65. The molecule has 0 amide bonds. The van der Waals surface area contributed by atoms with E-state index in [1.54, 1.807) is 0 Å². The summed E-state index contributed by atoms with van der Waals surface area (Å²) in [4.78, 5) is 25.0. The van der Waals surface area contributed by atoms with E-state index in [1.165, 1.54) is 64.2 Å². The molecule has 0 radical (unpaired) electrons. The van der Waals surface area contributed by atoms with Gasteiger partial charge in [0.1, 0.15) is 31.0 Å². The number of esters is 2. The van der Waals surface area contributed by atoms with Gasteiger partial charge in [-0.25, -0.2) is 0 Å². The largest absolute Gasteiger partial charge is 0.462 e. The van der Waals surface area contributed by atoms with Gasteiger partial charge in [0.25, 0.3) is 0 Å². The van der Waals surface area contributed by atoms with Gasteiger partial charge >= 0.3 is 11.9 Å². The Morgan fingerprint density at radius 2 is 1.13 bits per heavy atom. The van der Waals surface area contributed by atoms with E-state index in [9.17, 15) is 30.0 Å². The van der Waals surface area contributed by atoms with E-state index in [0.29, 0.717) is 6.42 Å². The van der Waals surface area contributed by atoms with Crippen molar-refractivity contribution in [2.24, 2.45) is 0 Å². The van der Waals surface area contributed by atoms with Crippen molar-refractivity contribution in [3.63, 3.8) is 0 Å². The number of hydrogen-bond acceptors (Lipinski definition) is 10. The number of ether oxygens (including phenoxy) is 4. The Kier molecular flexibility index (Phi) is 27.2. The molecule has 0 spiro atoms. The number of allylic oxidation sites excluding steroid dienone is 2. The zero-order chi connectivity index (χ0) is 34.5. The highest BCUT2D eigenvalue weighted by molar-refractivity contribution is 5.70. The Bertz CT molecular complexity index is 789. The molecule has 10 heteroatoms. The second-order valence-electron chi connectivity index (χ2n) is 13.0. The van der Waals surface area contributed by atoms with E-state index in [4.69, 9.17) is 18.9 Å². The van der Waals surface area contributed by atoms with Crippen molar-refractivity contribution in [1.29, 1.82) is 0 Å². The third-order valence-electron chi connectivity index (χ3n) is 8.65. The molecule has 1 saturated heterocycles. The summed E-state index contributed by atoms with van der Waals surface area (Å²) in [6, 6.07) is 0. The molecule has 0 aromatic carbocycles. The predicted molar refractivity (Wildman–Crippen MR) is 183 cm³/mol. The maximum atomic E-state index is 12.6. The first-order valence-corrected chi connectivity index (χ1v) is 18.8. The first-order chi connectivity index (χ1) is 22.8. The van der Waals surface area contributed by atoms with Gasteiger partial charge in [-0.15, -0.1) is 0 Å². The van der Waals surface area contributed by atoms with Crippen LogP contribution in [0.4, 0.5) is 0 Å². The van der Waals surface area contributed by atoms with Gasteiger partial charge in [-0.2, -0.15) is 0 Å². The van der Waals surface area contributed by atoms with Crippen molar-refractivity contribution in [2.45, 2.75) is 192 Å². The van der Waals surface area contributed by atoms with Crippen molar-refractivity contribution in [1.82, 2.24) is 0 Å². The summed E-state index contributed by atoms with van der Waals surface area (Å²) in [5.74, 6) is -0.819. The summed E-state index contributed by atoms with van der Waals surface area (Å²) in [6.45, 7) is 3.35. The maximum absolute atomic E-state index is 12.6. The molecule has 4 N–H and O–H groups in total. The molecule has 1 rings (SSSR count). The molecule has 1 aliphatic heterocycles. The van der Waals surface area contributed by atoms with Crippen LogP contribution in [0.15, 0.2) is 12.2 Å². The summed E-state index contributed by atoms with van der Waals surface area (Å²) in [7, 11) is 0. The van der Waals surface area contributed by atoms with E-state index >= 15 is 0 Å². The highest BCUT2D eigenvalue weighted by Gasteiger charge is 2.44. The first kappa shape index (κ1) is 43.5. The van der Waals surface area contributed by atoms with Crippen LogP contribution in [0.5, 0.6) is 0 Å². The monoisotopic (exact) mass is 672 g/mol. The minimum atomic E-state index is -1.59. The van der Waals surface area contributed by atoms with Crippen LogP contribution in [0.2, 0.25) is 0 Å². The molecule has 47 heavy (non-hydrogen) atoms. The quantitative estimate of drug-likeness (QED) is 0.0381. The highest BCUT2D eigenvalue weighted by Crippen LogP contribution is 2.22. The summed E-state index contributed by atoms with van der Waals surface area (Å²) in [5.41, 5.74) is 0. The minimum Gasteiger partial charge on any atom is -0.462 e. The van der Waals surface area contributed by atoms with Gasteiger partial charge in [-0.3, -0.25) is 9.59 Å². The van der Waals surface area contributed by atoms with E-state index in [1.807, 2.05) is 0 Å². The van der Waals surface area contributed by atoms with Crippen LogP contribution in [-0.2, 0) is 28.5 Å². The molecule has 6 atom stereocenters. The van der Waals surface area contributed by atoms with Crippen LogP contribution < -0.4 is 0 Å². The second-order valence-corrected chi connectivity index (χ2v) is 13.0. The van der Waals surface area contributed by atoms with Crippen LogP contribution in [0.1, 0.15) is 155 Å². The maximum Gasteiger partial charge on any atom is 0.306 e. The van der Waals surface area contributed by atoms with Gasteiger partial charge in [0.15, 0.2) is 12.4 Å². The van der Waals surface area contributed by atoms with Crippen molar-refractivity contribution in [3.05, 3.63) is 12.2 Å². The molecule has 276 valence electrons. The summed E-state index contributed by atoms with van der Waals surface area (Å²) in [5, 5.41) is 39.8. The molecule has 0 aliphatic carbocycles. The van der Waals surface area contributed by atoms with Gasteiger partial charge in [-0.05, 0) is 38.5 Å². The average Bonchev–Trinajstić information content (AvgIpc) is 3.07. The van der Waals surface area contributed by atoms with Crippen molar-refractivity contribution < 1.29 is 49.0 Å². The predicted octanol–water partition coefficient (Wildman–Crippen LogP) is 6.44. The topological polar surface area (TPSA) is 152 Å². The van der Waals surface area contributed by atoms with Gasteiger partial charge in [0, 0.05) is 12.8 Å². The molecule has 10 nitrogen and oxygen atoms in total. The molecular formula is C37H68O10. The molecule has 1 heterocycles. The Morgan fingerprint density at radius 3 is 1.66 bits per heavy atom. The summed E-state index contributed by atoms with van der Waals surface area (Å²) >= 11 is 0. The summed E-state index contributed by atoms with van der Waals surface area (Å²) < 4.78 is 22.0. The van der Waals surface area contributed by atoms with Crippen molar-refractivity contribution in [2.75, 3.05) is 19.8 Å². The number of rotatable bonds is 30. The normalized spacial score (nSPS) is 22.0. The first-order valence-electron chi connectivity index (χ1n) is 18.8. The number of aliphatic hydroxyl groups excluding tert-OH is 4. The number of carbonyl (C=O) groups is 2. The molecule has 0 saturated carbocycles. The number of unbranched alkanes of at least 4 members (excludes halogenated alkanes) is 17. The standard InChI is InChI=1S/C37H68O10/c1-3-5-7-9-11-13-14-15-16-17-18-20-21-23-25-32(39)44-28-30(46-33(40)26-24-22-19-12-10-8-6-4-2)29-45-37-36(43)35(42)34(41)31(27-38)47-37/h14-15,30-31,34-38,41-43H,3-13,16-29H2,1-2H3/b15-14+/t30-,31-,34+,35?,36?,37-/m0/s1. The van der Waals surface area contributed by atoms with E-state index in [-0.39, 0.29) is 32.0 Å². The molecular weight excluding hydrogens is 604 g/mol. The van der Waals surface area contributed by atoms with Crippen LogP contribution in [0, 0.1) is 0 Å². The van der Waals surface area contributed by atoms with E-state index in [0.717, 1.165) is 57.8 Å². The Balaban J connectivity index is 2.39. The van der Waals surface area contributed by atoms with E-state index < -0.39 is 49.4 Å². The lowest BCUT2D eigenvalue weighted by atomic mass is 9.99. The fourth-order valence-electron chi connectivity index (χ4n) is 5.59. The average molecular weight is 673 g/mol. The molecule has 0 aromatic heterocycles. The molecule has 2 unspecified atom stereocenters. The van der Waals surface area contributed by atoms with Crippen molar-refractivity contribution in [3.8, 4) is 0 Å². The fourth-order valence-corrected chi connectivity index (χ4v) is 5.59. The van der Waals surface area contributed by atoms with Crippen LogP contribution >= 0.6 is 0 Å². The Morgan fingerprint density at radius 1 is 0.638 bits per heavy atom. The van der Waals surface area contributed by atoms with Crippen LogP contribution in [-0.4, -0.2) is 89.0 Å². The zero-order valence-corrected chi connectivity index (χ0v) is 29.5. The summed E-state index contributed by atoms with van der Waals surface area (Å²) in [6.07, 6.45) is 19.5.